The molecular formula is C41H53N5O5. The summed E-state index contributed by atoms with van der Waals surface area (Å²) in [6, 6.07) is 11.1. The Bertz CT molecular complexity index is 1760. The number of rotatable bonds is 9. The summed E-state index contributed by atoms with van der Waals surface area (Å²) in [5, 5.41) is 17.6. The molecule has 3 heterocycles. The number of amides is 2. The van der Waals surface area contributed by atoms with E-state index in [1.807, 2.05) is 6.20 Å². The van der Waals surface area contributed by atoms with Crippen molar-refractivity contribution in [3.63, 3.8) is 0 Å². The molecule has 2 aromatic heterocycles. The summed E-state index contributed by atoms with van der Waals surface area (Å²) in [5.74, 6) is 1.45. The van der Waals surface area contributed by atoms with Crippen molar-refractivity contribution in [2.24, 2.45) is 11.3 Å². The van der Waals surface area contributed by atoms with Gasteiger partial charge in [0.2, 0.25) is 5.91 Å². The van der Waals surface area contributed by atoms with Gasteiger partial charge < -0.3 is 24.8 Å². The van der Waals surface area contributed by atoms with Crippen LogP contribution in [-0.2, 0) is 26.9 Å². The maximum absolute atomic E-state index is 13.9. The highest BCUT2D eigenvalue weighted by molar-refractivity contribution is 5.92. The second kappa shape index (κ2) is 13.2. The average molecular weight is 696 g/mol. The second-order valence-corrected chi connectivity index (χ2v) is 16.8. The fourth-order valence-electron chi connectivity index (χ4n) is 9.62. The van der Waals surface area contributed by atoms with Crippen LogP contribution >= 0.6 is 0 Å². The molecule has 0 spiro atoms. The Kier molecular flexibility index (Phi) is 8.88. The first-order valence-electron chi connectivity index (χ1n) is 19.2. The number of β-amino-alcohol motifs (C(OH)–C–C–N with tert-alkyl or cyclic N) is 1. The number of nitrogens with one attached hydrogen (secondary N) is 1. The highest BCUT2D eigenvalue weighted by Gasteiger charge is 2.49. The van der Waals surface area contributed by atoms with Crippen molar-refractivity contribution in [1.82, 2.24) is 19.7 Å². The molecule has 2 amide bonds. The van der Waals surface area contributed by atoms with Crippen molar-refractivity contribution in [3.05, 3.63) is 59.4 Å². The normalized spacial score (nSPS) is 28.4. The van der Waals surface area contributed by atoms with E-state index in [4.69, 9.17) is 19.6 Å². The highest BCUT2D eigenvalue weighted by Crippen LogP contribution is 2.59. The van der Waals surface area contributed by atoms with Gasteiger partial charge in [0.05, 0.1) is 43.7 Å². The van der Waals surface area contributed by atoms with Gasteiger partial charge in [-0.3, -0.25) is 9.48 Å². The zero-order chi connectivity index (χ0) is 35.4. The molecule has 10 heteroatoms. The number of pyridine rings is 1. The van der Waals surface area contributed by atoms with Crippen LogP contribution < -0.4 is 10.1 Å². The fraction of sp³-hybridized carbons (Fsp3) is 0.610. The highest BCUT2D eigenvalue weighted by atomic mass is 16.6. The number of nitrogens with zero attached hydrogens (tertiary/aromatic N) is 4. The predicted octanol–water partition coefficient (Wildman–Crippen LogP) is 7.31. The molecule has 3 aromatic rings. The molecule has 51 heavy (non-hydrogen) atoms. The smallest absolute Gasteiger partial charge is 0.410 e. The topological polar surface area (TPSA) is 119 Å². The first-order valence-corrected chi connectivity index (χ1v) is 19.2. The zero-order valence-corrected chi connectivity index (χ0v) is 30.5. The summed E-state index contributed by atoms with van der Waals surface area (Å²) in [4.78, 5) is 33.0. The van der Waals surface area contributed by atoms with Crippen LogP contribution in [0.5, 0.6) is 5.75 Å². The number of aliphatic hydroxyl groups is 1. The Balaban J connectivity index is 0.982. The minimum absolute atomic E-state index is 0.00658. The number of hydrogen-bond donors (Lipinski definition) is 2. The van der Waals surface area contributed by atoms with Crippen molar-refractivity contribution < 1.29 is 24.2 Å². The van der Waals surface area contributed by atoms with E-state index in [9.17, 15) is 14.7 Å². The molecule has 10 nitrogen and oxygen atoms in total. The van der Waals surface area contributed by atoms with Gasteiger partial charge in [0, 0.05) is 17.7 Å². The summed E-state index contributed by atoms with van der Waals surface area (Å²) in [5.41, 5.74) is 6.06. The summed E-state index contributed by atoms with van der Waals surface area (Å²) < 4.78 is 13.3. The van der Waals surface area contributed by atoms with E-state index < -0.39 is 6.10 Å². The Labute approximate surface area is 301 Å². The number of aliphatic hydroxyl groups excluding tert-OH is 1. The number of likely N-dealkylation sites (tertiary alicyclic amines) is 1. The van der Waals surface area contributed by atoms with Gasteiger partial charge >= 0.3 is 6.09 Å². The molecule has 9 rings (SSSR count). The van der Waals surface area contributed by atoms with Crippen LogP contribution in [0.4, 0.5) is 10.6 Å². The van der Waals surface area contributed by atoms with Gasteiger partial charge in [0.25, 0.3) is 0 Å². The third-order valence-electron chi connectivity index (χ3n) is 13.5. The lowest BCUT2D eigenvalue weighted by Crippen LogP contribution is -2.54. The number of carbonyl (C=O) groups is 2. The average Bonchev–Trinajstić information content (AvgIpc) is 3.62. The van der Waals surface area contributed by atoms with Gasteiger partial charge in [-0.2, -0.15) is 5.10 Å². The molecule has 6 aliphatic rings. The van der Waals surface area contributed by atoms with Crippen LogP contribution in [0, 0.1) is 18.3 Å². The van der Waals surface area contributed by atoms with Crippen LogP contribution in [0.2, 0.25) is 0 Å². The zero-order valence-electron chi connectivity index (χ0n) is 30.5. The predicted molar refractivity (Wildman–Crippen MR) is 195 cm³/mol. The lowest BCUT2D eigenvalue weighted by atomic mass is 9.50. The standard InChI is InChI=1S/C41H53N5O5/c1-27-21-31(8-12-35(27)50-3)41-18-15-40(16-19-41,17-20-41)22-29-7-11-34(30-23-42-46(24-30)39(2)13-4-14-39)43-36(29)44-37(48)28-5-9-33(10-6-28)51-38(49)45-25-32(47)26-45/h7-8,11-12,21,23-24,28,32-33,47H,4-6,9-10,13-20,22,25-26H2,1-3H3,(H,43,44,48). The number of benzene rings is 1. The van der Waals surface area contributed by atoms with E-state index in [0.717, 1.165) is 61.1 Å². The lowest BCUT2D eigenvalue weighted by Gasteiger charge is -2.54. The molecule has 5 aliphatic carbocycles. The molecule has 1 aromatic carbocycles. The SMILES string of the molecule is COc1ccc(C23CCC(Cc4ccc(-c5cnn(C6(C)CCC6)c5)nc4NC(=O)C4CCC(OC(=O)N5CC(O)C5)CC4)(CC2)CC3)cc1C. The third kappa shape index (κ3) is 6.53. The van der Waals surface area contributed by atoms with Gasteiger partial charge in [0.1, 0.15) is 17.7 Å². The molecule has 1 aliphatic heterocycles. The fourth-order valence-corrected chi connectivity index (χ4v) is 9.62. The van der Waals surface area contributed by atoms with Gasteiger partial charge in [-0.1, -0.05) is 18.2 Å². The molecule has 1 saturated heterocycles. The molecule has 272 valence electrons. The van der Waals surface area contributed by atoms with E-state index in [0.29, 0.717) is 44.6 Å². The summed E-state index contributed by atoms with van der Waals surface area (Å²) in [7, 11) is 1.74. The van der Waals surface area contributed by atoms with E-state index in [-0.39, 0.29) is 40.4 Å². The van der Waals surface area contributed by atoms with Crippen LogP contribution in [0.25, 0.3) is 11.3 Å². The molecule has 2 bridgehead atoms. The van der Waals surface area contributed by atoms with E-state index in [1.165, 1.54) is 41.7 Å². The van der Waals surface area contributed by atoms with Crippen molar-refractivity contribution in [2.45, 2.75) is 127 Å². The number of aryl methyl sites for hydroxylation is 1. The van der Waals surface area contributed by atoms with E-state index in [1.54, 1.807) is 7.11 Å². The van der Waals surface area contributed by atoms with Gasteiger partial charge in [-0.05, 0) is 143 Å². The first kappa shape index (κ1) is 34.2. The Hall–Kier alpha value is -3.92. The Morgan fingerprint density at radius 3 is 2.33 bits per heavy atom. The lowest BCUT2D eigenvalue weighted by molar-refractivity contribution is -0.121. The Morgan fingerprint density at radius 2 is 1.71 bits per heavy atom. The van der Waals surface area contributed by atoms with Gasteiger partial charge in [0.15, 0.2) is 0 Å². The summed E-state index contributed by atoms with van der Waals surface area (Å²) in [6.07, 6.45) is 17.0. The number of anilines is 1. The largest absolute Gasteiger partial charge is 0.496 e. The number of hydrogen-bond acceptors (Lipinski definition) is 7. The van der Waals surface area contributed by atoms with E-state index >= 15 is 0 Å². The van der Waals surface area contributed by atoms with Crippen LogP contribution in [-0.4, -0.2) is 69.2 Å². The van der Waals surface area contributed by atoms with Crippen molar-refractivity contribution >= 4 is 17.8 Å². The summed E-state index contributed by atoms with van der Waals surface area (Å²) >= 11 is 0. The maximum Gasteiger partial charge on any atom is 0.410 e. The number of carbonyl (C=O) groups excluding carboxylic acids is 2. The number of methoxy groups -OCH3 is 1. The summed E-state index contributed by atoms with van der Waals surface area (Å²) in [6.45, 7) is 5.06. The molecule has 6 fully saturated rings. The second-order valence-electron chi connectivity index (χ2n) is 16.8. The number of aromatic nitrogens is 3. The molecule has 5 saturated carbocycles. The number of fused-ring (bicyclic) bond motifs is 3. The quantitative estimate of drug-likeness (QED) is 0.241. The van der Waals surface area contributed by atoms with Crippen LogP contribution in [0.3, 0.4) is 0 Å². The molecule has 0 unspecified atom stereocenters. The van der Waals surface area contributed by atoms with Crippen molar-refractivity contribution in [2.75, 3.05) is 25.5 Å². The van der Waals surface area contributed by atoms with Gasteiger partial charge in [-0.25, -0.2) is 9.78 Å². The van der Waals surface area contributed by atoms with Crippen LogP contribution in [0.15, 0.2) is 42.7 Å². The van der Waals surface area contributed by atoms with Crippen molar-refractivity contribution in [3.8, 4) is 17.0 Å². The molecule has 0 radical (unpaired) electrons. The van der Waals surface area contributed by atoms with Crippen LogP contribution in [0.1, 0.15) is 107 Å². The molecule has 0 atom stereocenters. The Morgan fingerprint density at radius 1 is 0.980 bits per heavy atom. The molecule has 2 N–H and O–H groups in total. The van der Waals surface area contributed by atoms with Crippen molar-refractivity contribution in [1.29, 1.82) is 0 Å². The minimum Gasteiger partial charge on any atom is -0.496 e. The van der Waals surface area contributed by atoms with E-state index in [2.05, 4.69) is 60.4 Å². The minimum atomic E-state index is -0.454. The number of ether oxygens (including phenoxy) is 2. The first-order chi connectivity index (χ1) is 24.6. The van der Waals surface area contributed by atoms with Gasteiger partial charge in [-0.15, -0.1) is 0 Å². The molecular weight excluding hydrogens is 642 g/mol. The maximum atomic E-state index is 13.9. The monoisotopic (exact) mass is 695 g/mol. The third-order valence-corrected chi connectivity index (χ3v) is 13.5.